The third-order valence-electron chi connectivity index (χ3n) is 2.61. The van der Waals surface area contributed by atoms with Gasteiger partial charge in [-0.3, -0.25) is 4.79 Å². The molecule has 0 bridgehead atoms. The summed E-state index contributed by atoms with van der Waals surface area (Å²) in [5.41, 5.74) is 3.95. The van der Waals surface area contributed by atoms with Crippen molar-refractivity contribution in [3.63, 3.8) is 0 Å². The molecule has 0 rings (SSSR count). The van der Waals surface area contributed by atoms with Gasteiger partial charge in [0.25, 0.3) is 0 Å². The van der Waals surface area contributed by atoms with Gasteiger partial charge in [0.15, 0.2) is 0 Å². The highest BCUT2D eigenvalue weighted by atomic mass is 16.3. The number of rotatable bonds is 5. The van der Waals surface area contributed by atoms with Gasteiger partial charge in [-0.1, -0.05) is 20.3 Å². The molecule has 0 fully saturated rings. The molecule has 0 spiro atoms. The average Bonchev–Trinajstić information content (AvgIpc) is 2.06. The fraction of sp³-hybridized carbons (Fsp3) is 0.875. The Morgan fingerprint density at radius 2 is 1.92 bits per heavy atom. The van der Waals surface area contributed by atoms with Gasteiger partial charge in [0, 0.05) is 0 Å². The lowest BCUT2D eigenvalue weighted by molar-refractivity contribution is -0.137. The van der Waals surface area contributed by atoms with Crippen LogP contribution in [0.1, 0.15) is 20.3 Å². The second kappa shape index (κ2) is 4.42. The molecule has 12 heavy (non-hydrogen) atoms. The van der Waals surface area contributed by atoms with Crippen LogP contribution in [0.3, 0.4) is 0 Å². The summed E-state index contributed by atoms with van der Waals surface area (Å²) in [4.78, 5) is 11.0. The number of carbonyl (C=O) groups is 1. The van der Waals surface area contributed by atoms with Crippen LogP contribution in [0, 0.1) is 11.3 Å². The van der Waals surface area contributed by atoms with Gasteiger partial charge in [-0.15, -0.1) is 0 Å². The van der Waals surface area contributed by atoms with E-state index in [9.17, 15) is 4.79 Å². The molecule has 0 aromatic rings. The smallest absolute Gasteiger partial charge is 0.228 e. The van der Waals surface area contributed by atoms with Gasteiger partial charge in [-0.2, -0.15) is 0 Å². The molecule has 1 unspecified atom stereocenters. The Morgan fingerprint density at radius 1 is 1.50 bits per heavy atom. The van der Waals surface area contributed by atoms with Crippen LogP contribution in [0.2, 0.25) is 0 Å². The first-order valence-corrected chi connectivity index (χ1v) is 4.06. The Hall–Kier alpha value is -0.610. The SMILES string of the molecule is CCC(C)C(CO)(CO)C(N)=O. The van der Waals surface area contributed by atoms with Crippen molar-refractivity contribution >= 4 is 5.91 Å². The van der Waals surface area contributed by atoms with Crippen molar-refractivity contribution in [2.24, 2.45) is 17.1 Å². The van der Waals surface area contributed by atoms with Crippen LogP contribution in [0.25, 0.3) is 0 Å². The first-order valence-electron chi connectivity index (χ1n) is 4.06. The number of amides is 1. The molecule has 1 amide bonds. The van der Waals surface area contributed by atoms with Crippen LogP contribution in [-0.2, 0) is 4.79 Å². The van der Waals surface area contributed by atoms with Gasteiger partial charge in [-0.05, 0) is 5.92 Å². The summed E-state index contributed by atoms with van der Waals surface area (Å²) in [6, 6.07) is 0. The van der Waals surface area contributed by atoms with Crippen LogP contribution < -0.4 is 5.73 Å². The zero-order chi connectivity index (χ0) is 9.78. The highest BCUT2D eigenvalue weighted by Crippen LogP contribution is 2.28. The van der Waals surface area contributed by atoms with Crippen molar-refractivity contribution < 1.29 is 15.0 Å². The van der Waals surface area contributed by atoms with E-state index < -0.39 is 24.5 Å². The number of carbonyl (C=O) groups excluding carboxylic acids is 1. The van der Waals surface area contributed by atoms with E-state index >= 15 is 0 Å². The second-order valence-corrected chi connectivity index (χ2v) is 3.15. The standard InChI is InChI=1S/C8H17NO3/c1-3-6(2)8(4-10,5-11)7(9)12/h6,10-11H,3-5H2,1-2H3,(H2,9,12). The Morgan fingerprint density at radius 3 is 2.00 bits per heavy atom. The van der Waals surface area contributed by atoms with Crippen LogP contribution in [0.4, 0.5) is 0 Å². The minimum absolute atomic E-state index is 0.106. The first-order chi connectivity index (χ1) is 5.55. The van der Waals surface area contributed by atoms with E-state index in [1.54, 1.807) is 6.92 Å². The zero-order valence-electron chi connectivity index (χ0n) is 7.58. The molecule has 0 heterocycles. The average molecular weight is 175 g/mol. The van der Waals surface area contributed by atoms with Gasteiger partial charge < -0.3 is 15.9 Å². The molecule has 0 aliphatic rings. The maximum Gasteiger partial charge on any atom is 0.228 e. The minimum Gasteiger partial charge on any atom is -0.395 e. The zero-order valence-corrected chi connectivity index (χ0v) is 7.58. The number of aliphatic hydroxyl groups excluding tert-OH is 2. The number of primary amides is 1. The van der Waals surface area contributed by atoms with Crippen molar-refractivity contribution in [3.05, 3.63) is 0 Å². The Balaban J connectivity index is 4.68. The maximum absolute atomic E-state index is 11.0. The van der Waals surface area contributed by atoms with E-state index in [-0.39, 0.29) is 5.92 Å². The van der Waals surface area contributed by atoms with Gasteiger partial charge in [0.05, 0.1) is 18.6 Å². The topological polar surface area (TPSA) is 83.6 Å². The molecule has 4 N–H and O–H groups in total. The summed E-state index contributed by atoms with van der Waals surface area (Å²) in [6.45, 7) is 2.88. The third-order valence-corrected chi connectivity index (χ3v) is 2.61. The lowest BCUT2D eigenvalue weighted by Gasteiger charge is -2.31. The van der Waals surface area contributed by atoms with Crippen LogP contribution in [0.5, 0.6) is 0 Å². The minimum atomic E-state index is -1.16. The van der Waals surface area contributed by atoms with Crippen LogP contribution in [-0.4, -0.2) is 29.3 Å². The number of nitrogens with two attached hydrogens (primary N) is 1. The quantitative estimate of drug-likeness (QED) is 0.526. The molecule has 0 radical (unpaired) electrons. The monoisotopic (exact) mass is 175 g/mol. The summed E-state index contributed by atoms with van der Waals surface area (Å²) < 4.78 is 0. The fourth-order valence-corrected chi connectivity index (χ4v) is 1.15. The number of aliphatic hydroxyl groups is 2. The van der Waals surface area contributed by atoms with Gasteiger partial charge in [-0.25, -0.2) is 0 Å². The lowest BCUT2D eigenvalue weighted by Crippen LogP contribution is -2.48. The molecular weight excluding hydrogens is 158 g/mol. The van der Waals surface area contributed by atoms with E-state index in [4.69, 9.17) is 15.9 Å². The summed E-state index contributed by atoms with van der Waals surface area (Å²) in [5.74, 6) is -0.744. The normalized spacial score (nSPS) is 14.3. The number of hydrogen-bond acceptors (Lipinski definition) is 3. The van der Waals surface area contributed by atoms with Crippen molar-refractivity contribution in [1.29, 1.82) is 0 Å². The van der Waals surface area contributed by atoms with Crippen molar-refractivity contribution in [3.8, 4) is 0 Å². The molecule has 4 heteroatoms. The molecule has 4 nitrogen and oxygen atoms in total. The maximum atomic E-state index is 11.0. The van der Waals surface area contributed by atoms with Crippen molar-refractivity contribution in [2.75, 3.05) is 13.2 Å². The molecule has 0 saturated carbocycles. The molecular formula is C8H17NO3. The summed E-state index contributed by atoms with van der Waals surface area (Å²) in [7, 11) is 0. The van der Waals surface area contributed by atoms with Crippen molar-refractivity contribution in [2.45, 2.75) is 20.3 Å². The third kappa shape index (κ3) is 1.76. The number of hydrogen-bond donors (Lipinski definition) is 3. The Labute approximate surface area is 72.4 Å². The molecule has 1 atom stereocenters. The summed E-state index contributed by atoms with van der Waals surface area (Å²) >= 11 is 0. The molecule has 0 aliphatic heterocycles. The van der Waals surface area contributed by atoms with E-state index in [0.29, 0.717) is 6.42 Å². The van der Waals surface area contributed by atoms with Gasteiger partial charge in [0.2, 0.25) is 5.91 Å². The molecule has 72 valence electrons. The van der Waals surface area contributed by atoms with Crippen LogP contribution in [0.15, 0.2) is 0 Å². The summed E-state index contributed by atoms with van der Waals surface area (Å²) in [5, 5.41) is 18.0. The Bertz CT molecular complexity index is 154. The molecule has 0 aromatic heterocycles. The van der Waals surface area contributed by atoms with E-state index in [1.807, 2.05) is 6.92 Å². The predicted octanol–water partition coefficient (Wildman–Crippen LogP) is -0.511. The van der Waals surface area contributed by atoms with Gasteiger partial charge >= 0.3 is 0 Å². The van der Waals surface area contributed by atoms with E-state index in [1.165, 1.54) is 0 Å². The molecule has 0 aromatic carbocycles. The van der Waals surface area contributed by atoms with Gasteiger partial charge in [0.1, 0.15) is 0 Å². The Kier molecular flexibility index (Phi) is 4.20. The van der Waals surface area contributed by atoms with Crippen molar-refractivity contribution in [1.82, 2.24) is 0 Å². The van der Waals surface area contributed by atoms with Crippen LogP contribution >= 0.6 is 0 Å². The summed E-state index contributed by atoms with van der Waals surface area (Å²) in [6.07, 6.45) is 0.698. The second-order valence-electron chi connectivity index (χ2n) is 3.15. The predicted molar refractivity (Wildman–Crippen MR) is 45.3 cm³/mol. The highest BCUT2D eigenvalue weighted by Gasteiger charge is 2.40. The first kappa shape index (κ1) is 11.4. The fourth-order valence-electron chi connectivity index (χ4n) is 1.15. The molecule has 0 aliphatic carbocycles. The largest absolute Gasteiger partial charge is 0.395 e. The van der Waals surface area contributed by atoms with E-state index in [2.05, 4.69) is 0 Å². The lowest BCUT2D eigenvalue weighted by atomic mass is 9.75. The molecule has 0 saturated heterocycles. The van der Waals surface area contributed by atoms with E-state index in [0.717, 1.165) is 0 Å². The highest BCUT2D eigenvalue weighted by molar-refractivity contribution is 5.81.